The maximum absolute atomic E-state index is 4.71. The molecule has 2 aliphatic heterocycles. The van der Waals surface area contributed by atoms with E-state index in [2.05, 4.69) is 9.88 Å². The van der Waals surface area contributed by atoms with Gasteiger partial charge in [0.05, 0.1) is 11.9 Å². The predicted octanol–water partition coefficient (Wildman–Crippen LogP) is 0.962. The SMILES string of the molecule is CN(C)c1cncc([C@@H]2CN3CCC2C3)n1. The highest BCUT2D eigenvalue weighted by molar-refractivity contribution is 5.34. The largest absolute Gasteiger partial charge is 0.361 e. The van der Waals surface area contributed by atoms with Gasteiger partial charge in [0.1, 0.15) is 5.82 Å². The first-order valence-corrected chi connectivity index (χ1v) is 5.95. The third kappa shape index (κ3) is 1.57. The molecule has 0 saturated carbocycles. The number of fused-ring (bicyclic) bond motifs is 2. The molecule has 0 spiro atoms. The van der Waals surface area contributed by atoms with Crippen molar-refractivity contribution >= 4 is 5.82 Å². The van der Waals surface area contributed by atoms with Crippen LogP contribution in [0, 0.1) is 5.92 Å². The van der Waals surface area contributed by atoms with Gasteiger partial charge in [0.25, 0.3) is 0 Å². The lowest BCUT2D eigenvalue weighted by atomic mass is 9.90. The van der Waals surface area contributed by atoms with E-state index in [9.17, 15) is 0 Å². The van der Waals surface area contributed by atoms with Crippen LogP contribution in [-0.2, 0) is 0 Å². The first-order valence-electron chi connectivity index (χ1n) is 5.95. The first-order chi connectivity index (χ1) is 7.74. The van der Waals surface area contributed by atoms with E-state index < -0.39 is 0 Å². The molecule has 0 aliphatic carbocycles. The average Bonchev–Trinajstić information content (AvgIpc) is 2.91. The summed E-state index contributed by atoms with van der Waals surface area (Å²) in [5.41, 5.74) is 1.18. The summed E-state index contributed by atoms with van der Waals surface area (Å²) in [5.74, 6) is 2.39. The van der Waals surface area contributed by atoms with E-state index in [1.165, 1.54) is 31.7 Å². The minimum atomic E-state index is 0.612. The summed E-state index contributed by atoms with van der Waals surface area (Å²) in [5, 5.41) is 0. The minimum absolute atomic E-state index is 0.612. The highest BCUT2D eigenvalue weighted by Crippen LogP contribution is 2.38. The van der Waals surface area contributed by atoms with E-state index >= 15 is 0 Å². The lowest BCUT2D eigenvalue weighted by molar-refractivity contribution is 0.343. The number of hydrogen-bond acceptors (Lipinski definition) is 4. The molecule has 0 N–H and O–H groups in total. The summed E-state index contributed by atoms with van der Waals surface area (Å²) in [6.07, 6.45) is 5.11. The molecule has 3 rings (SSSR count). The molecular weight excluding hydrogens is 200 g/mol. The smallest absolute Gasteiger partial charge is 0.146 e. The fraction of sp³-hybridized carbons (Fsp3) is 0.667. The molecule has 3 heterocycles. The summed E-state index contributed by atoms with van der Waals surface area (Å²) < 4.78 is 0. The standard InChI is InChI=1S/C12H18N4/c1-15(2)12-6-13-5-11(14-12)10-8-16-4-3-9(10)7-16/h5-6,9-10H,3-4,7-8H2,1-2H3/t9?,10-/m1/s1. The van der Waals surface area contributed by atoms with Gasteiger partial charge in [-0.1, -0.05) is 0 Å². The Kier molecular flexibility index (Phi) is 2.32. The molecule has 4 heteroatoms. The monoisotopic (exact) mass is 218 g/mol. The van der Waals surface area contributed by atoms with Crippen molar-refractivity contribution in [2.75, 3.05) is 38.6 Å². The second-order valence-corrected chi connectivity index (χ2v) is 5.11. The van der Waals surface area contributed by atoms with Crippen molar-refractivity contribution in [3.8, 4) is 0 Å². The average molecular weight is 218 g/mol. The zero-order chi connectivity index (χ0) is 11.1. The minimum Gasteiger partial charge on any atom is -0.361 e. The molecule has 0 amide bonds. The van der Waals surface area contributed by atoms with Crippen LogP contribution < -0.4 is 4.90 Å². The van der Waals surface area contributed by atoms with Gasteiger partial charge in [-0.2, -0.15) is 0 Å². The molecule has 1 aromatic heterocycles. The van der Waals surface area contributed by atoms with Gasteiger partial charge in [-0.25, -0.2) is 4.98 Å². The maximum Gasteiger partial charge on any atom is 0.146 e. The first kappa shape index (κ1) is 10.0. The van der Waals surface area contributed by atoms with Gasteiger partial charge in [-0.3, -0.25) is 4.98 Å². The number of piperidine rings is 1. The van der Waals surface area contributed by atoms with Crippen molar-refractivity contribution in [1.29, 1.82) is 0 Å². The Hall–Kier alpha value is -1.16. The van der Waals surface area contributed by atoms with Crippen molar-refractivity contribution in [2.24, 2.45) is 5.92 Å². The summed E-state index contributed by atoms with van der Waals surface area (Å²) in [7, 11) is 4.02. The van der Waals surface area contributed by atoms with Crippen LogP contribution in [0.4, 0.5) is 5.82 Å². The van der Waals surface area contributed by atoms with E-state index in [0.717, 1.165) is 11.7 Å². The summed E-state index contributed by atoms with van der Waals surface area (Å²) in [6, 6.07) is 0. The van der Waals surface area contributed by atoms with Crippen LogP contribution in [0.2, 0.25) is 0 Å². The van der Waals surface area contributed by atoms with Crippen LogP contribution in [0.5, 0.6) is 0 Å². The lowest BCUT2D eigenvalue weighted by Crippen LogP contribution is -2.23. The highest BCUT2D eigenvalue weighted by atomic mass is 15.2. The molecule has 3 atom stereocenters. The Morgan fingerprint density at radius 3 is 2.81 bits per heavy atom. The van der Waals surface area contributed by atoms with Gasteiger partial charge in [0.2, 0.25) is 0 Å². The number of rotatable bonds is 2. The number of hydrogen-bond donors (Lipinski definition) is 0. The zero-order valence-electron chi connectivity index (χ0n) is 9.93. The zero-order valence-corrected chi connectivity index (χ0v) is 9.93. The number of anilines is 1. The van der Waals surface area contributed by atoms with Crippen LogP contribution in [0.25, 0.3) is 0 Å². The molecule has 2 aliphatic rings. The van der Waals surface area contributed by atoms with E-state index in [1.54, 1.807) is 0 Å². The Morgan fingerprint density at radius 1 is 1.31 bits per heavy atom. The molecule has 2 bridgehead atoms. The fourth-order valence-electron chi connectivity index (χ4n) is 2.88. The van der Waals surface area contributed by atoms with Crippen LogP contribution in [0.15, 0.2) is 12.4 Å². The normalized spacial score (nSPS) is 32.0. The summed E-state index contributed by atoms with van der Waals surface area (Å²) in [6.45, 7) is 3.72. The summed E-state index contributed by atoms with van der Waals surface area (Å²) in [4.78, 5) is 13.6. The quantitative estimate of drug-likeness (QED) is 0.740. The molecule has 1 aromatic rings. The van der Waals surface area contributed by atoms with E-state index in [-0.39, 0.29) is 0 Å². The highest BCUT2D eigenvalue weighted by Gasteiger charge is 2.39. The topological polar surface area (TPSA) is 32.3 Å². The Labute approximate surface area is 96.3 Å². The molecule has 4 nitrogen and oxygen atoms in total. The third-order valence-electron chi connectivity index (χ3n) is 3.81. The van der Waals surface area contributed by atoms with E-state index in [4.69, 9.17) is 4.98 Å². The van der Waals surface area contributed by atoms with E-state index in [1.807, 2.05) is 31.4 Å². The van der Waals surface area contributed by atoms with Crippen molar-refractivity contribution in [3.63, 3.8) is 0 Å². The second-order valence-electron chi connectivity index (χ2n) is 5.11. The molecular formula is C12H18N4. The molecule has 86 valence electrons. The van der Waals surface area contributed by atoms with Crippen molar-refractivity contribution in [2.45, 2.75) is 12.3 Å². The van der Waals surface area contributed by atoms with Gasteiger partial charge in [-0.15, -0.1) is 0 Å². The Morgan fingerprint density at radius 2 is 2.19 bits per heavy atom. The summed E-state index contributed by atoms with van der Waals surface area (Å²) >= 11 is 0. The Bertz CT molecular complexity index is 390. The fourth-order valence-corrected chi connectivity index (χ4v) is 2.88. The molecule has 16 heavy (non-hydrogen) atoms. The van der Waals surface area contributed by atoms with Gasteiger partial charge in [-0.05, 0) is 18.9 Å². The molecule has 2 saturated heterocycles. The van der Waals surface area contributed by atoms with Gasteiger partial charge >= 0.3 is 0 Å². The van der Waals surface area contributed by atoms with E-state index in [0.29, 0.717) is 5.92 Å². The van der Waals surface area contributed by atoms with Crippen LogP contribution in [0.3, 0.4) is 0 Å². The van der Waals surface area contributed by atoms with Crippen LogP contribution in [-0.4, -0.2) is 48.6 Å². The number of nitrogens with zero attached hydrogens (tertiary/aromatic N) is 4. The second kappa shape index (κ2) is 3.70. The molecule has 2 fully saturated rings. The van der Waals surface area contributed by atoms with Crippen molar-refractivity contribution < 1.29 is 0 Å². The van der Waals surface area contributed by atoms with Crippen molar-refractivity contribution in [3.05, 3.63) is 18.1 Å². The van der Waals surface area contributed by atoms with Crippen LogP contribution in [0.1, 0.15) is 18.0 Å². The van der Waals surface area contributed by atoms with Crippen LogP contribution >= 0.6 is 0 Å². The number of aromatic nitrogens is 2. The predicted molar refractivity (Wildman–Crippen MR) is 63.6 cm³/mol. The van der Waals surface area contributed by atoms with Gasteiger partial charge < -0.3 is 9.80 Å². The Balaban J connectivity index is 1.86. The van der Waals surface area contributed by atoms with Gasteiger partial charge in [0, 0.05) is 39.3 Å². The van der Waals surface area contributed by atoms with Gasteiger partial charge in [0.15, 0.2) is 0 Å². The molecule has 0 radical (unpaired) electrons. The molecule has 2 unspecified atom stereocenters. The van der Waals surface area contributed by atoms with Crippen molar-refractivity contribution in [1.82, 2.24) is 14.9 Å². The lowest BCUT2D eigenvalue weighted by Gasteiger charge is -2.22. The molecule has 0 aromatic carbocycles. The maximum atomic E-state index is 4.71. The third-order valence-corrected chi connectivity index (χ3v) is 3.81.